The molecule has 0 rings (SSSR count). The van der Waals surface area contributed by atoms with Gasteiger partial charge < -0.3 is 14.7 Å². The SMILES string of the molecule is CCCCCCCCCCCSC(=O)CCCCCN(CCO)CCCCCCC(C)C(=O)OC(CCCCCCCC)CCCCCCCC. The third kappa shape index (κ3) is 36.2. The van der Waals surface area contributed by atoms with Gasteiger partial charge in [0.25, 0.3) is 0 Å². The van der Waals surface area contributed by atoms with Crippen LogP contribution in [0.15, 0.2) is 0 Å². The van der Waals surface area contributed by atoms with Crippen molar-refractivity contribution in [3.8, 4) is 0 Å². The fourth-order valence-corrected chi connectivity index (χ4v) is 7.90. The highest BCUT2D eigenvalue weighted by molar-refractivity contribution is 8.13. The van der Waals surface area contributed by atoms with E-state index >= 15 is 0 Å². The van der Waals surface area contributed by atoms with E-state index in [1.54, 1.807) is 11.8 Å². The predicted molar refractivity (Wildman–Crippen MR) is 225 cm³/mol. The first-order valence-electron chi connectivity index (χ1n) is 22.7. The lowest BCUT2D eigenvalue weighted by Gasteiger charge is -2.21. The number of ether oxygens (including phenoxy) is 1. The summed E-state index contributed by atoms with van der Waals surface area (Å²) in [6.45, 7) is 11.8. The molecule has 0 aromatic heterocycles. The van der Waals surface area contributed by atoms with Crippen molar-refractivity contribution in [3.63, 3.8) is 0 Å². The molecule has 0 bridgehead atoms. The number of aliphatic hydroxyl groups excluding tert-OH is 1. The van der Waals surface area contributed by atoms with Crippen molar-refractivity contribution in [1.29, 1.82) is 0 Å². The summed E-state index contributed by atoms with van der Waals surface area (Å²) >= 11 is 1.55. The van der Waals surface area contributed by atoms with E-state index in [2.05, 4.69) is 32.6 Å². The second kappa shape index (κ2) is 40.6. The maximum atomic E-state index is 13.0. The number of esters is 1. The summed E-state index contributed by atoms with van der Waals surface area (Å²) in [7, 11) is 0. The molecule has 6 heteroatoms. The molecule has 1 N–H and O–H groups in total. The molecule has 51 heavy (non-hydrogen) atoms. The van der Waals surface area contributed by atoms with Crippen LogP contribution in [0.2, 0.25) is 0 Å². The highest BCUT2D eigenvalue weighted by atomic mass is 32.2. The molecule has 5 nitrogen and oxygen atoms in total. The number of hydrogen-bond donors (Lipinski definition) is 1. The van der Waals surface area contributed by atoms with Crippen LogP contribution in [0.5, 0.6) is 0 Å². The van der Waals surface area contributed by atoms with Crippen LogP contribution in [0.25, 0.3) is 0 Å². The van der Waals surface area contributed by atoms with Gasteiger partial charge >= 0.3 is 5.97 Å². The molecule has 0 aromatic rings. The topological polar surface area (TPSA) is 66.8 Å². The Bertz CT molecular complexity index is 719. The first-order valence-corrected chi connectivity index (χ1v) is 23.7. The zero-order chi connectivity index (χ0) is 37.5. The molecule has 0 fully saturated rings. The Morgan fingerprint density at radius 1 is 0.529 bits per heavy atom. The van der Waals surface area contributed by atoms with Crippen molar-refractivity contribution in [2.45, 2.75) is 239 Å². The van der Waals surface area contributed by atoms with Crippen molar-refractivity contribution in [2.75, 3.05) is 32.0 Å². The van der Waals surface area contributed by atoms with Crippen LogP contribution in [-0.4, -0.2) is 59.2 Å². The number of nitrogens with zero attached hydrogens (tertiary/aromatic N) is 1. The van der Waals surface area contributed by atoms with E-state index in [4.69, 9.17) is 4.74 Å². The first kappa shape index (κ1) is 50.4. The number of rotatable bonds is 41. The van der Waals surface area contributed by atoms with E-state index in [1.807, 2.05) is 0 Å². The molecule has 0 radical (unpaired) electrons. The number of unbranched alkanes of at least 4 members (excludes halogenated alkanes) is 23. The largest absolute Gasteiger partial charge is 0.462 e. The van der Waals surface area contributed by atoms with Crippen molar-refractivity contribution in [1.82, 2.24) is 4.90 Å². The van der Waals surface area contributed by atoms with Crippen LogP contribution in [0, 0.1) is 5.92 Å². The lowest BCUT2D eigenvalue weighted by atomic mass is 10.0. The zero-order valence-electron chi connectivity index (χ0n) is 34.8. The normalized spacial score (nSPS) is 12.3. The summed E-state index contributed by atoms with van der Waals surface area (Å²) in [6, 6.07) is 0. The molecule has 0 saturated heterocycles. The van der Waals surface area contributed by atoms with Gasteiger partial charge in [-0.05, 0) is 70.9 Å². The molecule has 0 amide bonds. The third-order valence-electron chi connectivity index (χ3n) is 10.6. The Kier molecular flexibility index (Phi) is 40.1. The van der Waals surface area contributed by atoms with Crippen LogP contribution in [0.4, 0.5) is 0 Å². The van der Waals surface area contributed by atoms with E-state index in [0.717, 1.165) is 89.6 Å². The highest BCUT2D eigenvalue weighted by Gasteiger charge is 2.19. The maximum Gasteiger partial charge on any atom is 0.308 e. The highest BCUT2D eigenvalue weighted by Crippen LogP contribution is 2.21. The Morgan fingerprint density at radius 2 is 0.941 bits per heavy atom. The molecule has 0 saturated carbocycles. The van der Waals surface area contributed by atoms with E-state index in [1.165, 1.54) is 135 Å². The lowest BCUT2D eigenvalue weighted by molar-refractivity contribution is -0.154. The van der Waals surface area contributed by atoms with Gasteiger partial charge in [-0.3, -0.25) is 9.59 Å². The first-order chi connectivity index (χ1) is 25.0. The van der Waals surface area contributed by atoms with Crippen molar-refractivity contribution in [2.24, 2.45) is 5.92 Å². The molecule has 0 spiro atoms. The minimum atomic E-state index is -0.0207. The Hall–Kier alpha value is -0.590. The molecular weight excluding hydrogens is 651 g/mol. The standard InChI is InChI=1S/C45H89NO4S/c1-5-8-11-14-17-18-19-24-32-41-51-44(48)36-29-25-31-38-46(39-40-47)37-30-23-22-26-33-42(4)45(49)50-43(34-27-20-15-12-9-6-2)35-28-21-16-13-10-7-3/h42-43,47H,5-41H2,1-4H3. The van der Waals surface area contributed by atoms with Crippen molar-refractivity contribution >= 4 is 22.8 Å². The summed E-state index contributed by atoms with van der Waals surface area (Å²) in [5.74, 6) is 0.985. The Balaban J connectivity index is 4.07. The van der Waals surface area contributed by atoms with Gasteiger partial charge in [0.1, 0.15) is 6.10 Å². The monoisotopic (exact) mass is 740 g/mol. The number of carbonyl (C=O) groups is 2. The van der Waals surface area contributed by atoms with Crippen LogP contribution in [0.3, 0.4) is 0 Å². The van der Waals surface area contributed by atoms with Gasteiger partial charge in [-0.15, -0.1) is 0 Å². The van der Waals surface area contributed by atoms with Gasteiger partial charge in [-0.1, -0.05) is 181 Å². The summed E-state index contributed by atoms with van der Waals surface area (Å²) in [4.78, 5) is 27.7. The summed E-state index contributed by atoms with van der Waals surface area (Å²) in [5.41, 5.74) is 0. The fourth-order valence-electron chi connectivity index (χ4n) is 7.03. The van der Waals surface area contributed by atoms with Gasteiger partial charge in [0, 0.05) is 18.7 Å². The minimum absolute atomic E-state index is 0.0187. The number of carbonyl (C=O) groups excluding carboxylic acids is 2. The van der Waals surface area contributed by atoms with Crippen molar-refractivity contribution in [3.05, 3.63) is 0 Å². The van der Waals surface area contributed by atoms with Crippen LogP contribution < -0.4 is 0 Å². The summed E-state index contributed by atoms with van der Waals surface area (Å²) < 4.78 is 6.13. The molecular formula is C45H89NO4S. The number of hydrogen-bond acceptors (Lipinski definition) is 6. The molecule has 1 atom stereocenters. The van der Waals surface area contributed by atoms with E-state index in [-0.39, 0.29) is 24.6 Å². The lowest BCUT2D eigenvalue weighted by Crippen LogP contribution is -2.29. The molecule has 1 unspecified atom stereocenters. The van der Waals surface area contributed by atoms with E-state index < -0.39 is 0 Å². The zero-order valence-corrected chi connectivity index (χ0v) is 35.7. The fraction of sp³-hybridized carbons (Fsp3) is 0.956. The summed E-state index contributed by atoms with van der Waals surface area (Å²) in [6.07, 6.45) is 38.8. The molecule has 0 aliphatic rings. The van der Waals surface area contributed by atoms with Crippen LogP contribution in [-0.2, 0) is 14.3 Å². The maximum absolute atomic E-state index is 13.0. The molecule has 0 heterocycles. The quantitative estimate of drug-likeness (QED) is 0.0497. The molecule has 0 aromatic carbocycles. The Morgan fingerprint density at radius 3 is 1.43 bits per heavy atom. The number of thioether (sulfide) groups is 1. The average Bonchev–Trinajstić information content (AvgIpc) is 3.12. The number of aliphatic hydroxyl groups is 1. The molecule has 304 valence electrons. The van der Waals surface area contributed by atoms with E-state index in [0.29, 0.717) is 11.5 Å². The van der Waals surface area contributed by atoms with Crippen LogP contribution in [0.1, 0.15) is 233 Å². The Labute approximate surface area is 323 Å². The minimum Gasteiger partial charge on any atom is -0.462 e. The average molecular weight is 740 g/mol. The summed E-state index contributed by atoms with van der Waals surface area (Å²) in [5, 5.41) is 9.94. The van der Waals surface area contributed by atoms with Gasteiger partial charge in [0.15, 0.2) is 5.12 Å². The third-order valence-corrected chi connectivity index (χ3v) is 11.6. The van der Waals surface area contributed by atoms with Crippen LogP contribution >= 0.6 is 11.8 Å². The molecule has 0 aliphatic carbocycles. The van der Waals surface area contributed by atoms with Gasteiger partial charge in [0.05, 0.1) is 12.5 Å². The predicted octanol–water partition coefficient (Wildman–Crippen LogP) is 13.6. The second-order valence-electron chi connectivity index (χ2n) is 15.7. The molecule has 0 aliphatic heterocycles. The van der Waals surface area contributed by atoms with Gasteiger partial charge in [-0.25, -0.2) is 0 Å². The second-order valence-corrected chi connectivity index (χ2v) is 16.9. The van der Waals surface area contributed by atoms with Gasteiger partial charge in [0.2, 0.25) is 0 Å². The van der Waals surface area contributed by atoms with E-state index in [9.17, 15) is 14.7 Å². The van der Waals surface area contributed by atoms with Crippen molar-refractivity contribution < 1.29 is 19.4 Å². The van der Waals surface area contributed by atoms with Gasteiger partial charge in [-0.2, -0.15) is 0 Å². The smallest absolute Gasteiger partial charge is 0.308 e.